The molecule has 0 saturated heterocycles. The van der Waals surface area contributed by atoms with Crippen molar-refractivity contribution >= 4 is 21.4 Å². The maximum atomic E-state index is 12.1. The van der Waals surface area contributed by atoms with E-state index < -0.39 is 25.5 Å². The summed E-state index contributed by atoms with van der Waals surface area (Å²) in [5.41, 5.74) is -0.0960. The highest BCUT2D eigenvalue weighted by molar-refractivity contribution is 7.89. The highest BCUT2D eigenvalue weighted by atomic mass is 32.2. The van der Waals surface area contributed by atoms with Gasteiger partial charge in [-0.3, -0.25) is 10.1 Å². The van der Waals surface area contributed by atoms with E-state index in [1.807, 2.05) is 0 Å². The highest BCUT2D eigenvalue weighted by Crippen LogP contribution is 2.27. The molecule has 1 heterocycles. The number of hydrogen-bond acceptors (Lipinski definition) is 8. The lowest BCUT2D eigenvalue weighted by atomic mass is 10.3. The Morgan fingerprint density at radius 2 is 2.19 bits per heavy atom. The number of anilines is 1. The Morgan fingerprint density at radius 3 is 2.76 bits per heavy atom. The first-order chi connectivity index (χ1) is 9.94. The molecule has 0 aliphatic heterocycles. The molecule has 2 N–H and O–H groups in total. The molecule has 1 aromatic carbocycles. The second-order valence-electron chi connectivity index (χ2n) is 3.86. The second kappa shape index (κ2) is 5.85. The second-order valence-corrected chi connectivity index (χ2v) is 5.60. The zero-order valence-electron chi connectivity index (χ0n) is 10.8. The molecule has 0 saturated carbocycles. The summed E-state index contributed by atoms with van der Waals surface area (Å²) >= 11 is 0. The monoisotopic (exact) mass is 313 g/mol. The van der Waals surface area contributed by atoms with E-state index >= 15 is 0 Å². The predicted molar refractivity (Wildman–Crippen MR) is 71.0 cm³/mol. The van der Waals surface area contributed by atoms with Gasteiger partial charge in [-0.15, -0.1) is 0 Å². The fourth-order valence-electron chi connectivity index (χ4n) is 1.55. The number of nitro groups is 1. The predicted octanol–water partition coefficient (Wildman–Crippen LogP) is 0.498. The lowest BCUT2D eigenvalue weighted by Crippen LogP contribution is -2.24. The third-order valence-corrected chi connectivity index (χ3v) is 4.01. The largest absolute Gasteiger partial charge is 0.388 e. The van der Waals surface area contributed by atoms with Gasteiger partial charge >= 0.3 is 0 Å². The van der Waals surface area contributed by atoms with Gasteiger partial charge in [-0.25, -0.2) is 13.1 Å². The molecule has 21 heavy (non-hydrogen) atoms. The molecule has 2 rings (SSSR count). The fraction of sp³-hybridized carbons (Fsp3) is 0.200. The minimum Gasteiger partial charge on any atom is -0.388 e. The van der Waals surface area contributed by atoms with E-state index in [1.54, 1.807) is 7.05 Å². The van der Waals surface area contributed by atoms with Crippen LogP contribution >= 0.6 is 0 Å². The van der Waals surface area contributed by atoms with Gasteiger partial charge in [0.2, 0.25) is 16.4 Å². The van der Waals surface area contributed by atoms with Crippen molar-refractivity contribution in [3.63, 3.8) is 0 Å². The van der Waals surface area contributed by atoms with Crippen LogP contribution in [0.2, 0.25) is 0 Å². The molecule has 10 nitrogen and oxygen atoms in total. The molecule has 0 radical (unpaired) electrons. The van der Waals surface area contributed by atoms with E-state index in [0.29, 0.717) is 5.69 Å². The van der Waals surface area contributed by atoms with Crippen molar-refractivity contribution in [1.29, 1.82) is 0 Å². The first kappa shape index (κ1) is 14.9. The van der Waals surface area contributed by atoms with Crippen LogP contribution < -0.4 is 10.0 Å². The van der Waals surface area contributed by atoms with Crippen molar-refractivity contribution < 1.29 is 17.9 Å². The molecular weight excluding hydrogens is 302 g/mol. The molecule has 0 spiro atoms. The number of benzene rings is 1. The van der Waals surface area contributed by atoms with Gasteiger partial charge in [0.15, 0.2) is 10.7 Å². The summed E-state index contributed by atoms with van der Waals surface area (Å²) < 4.78 is 30.9. The fourth-order valence-corrected chi connectivity index (χ4v) is 2.68. The average Bonchev–Trinajstić information content (AvgIpc) is 2.98. The zero-order chi connectivity index (χ0) is 15.5. The zero-order valence-corrected chi connectivity index (χ0v) is 11.6. The smallest absolute Gasteiger partial charge is 0.291 e. The summed E-state index contributed by atoms with van der Waals surface area (Å²) in [4.78, 5) is 13.5. The first-order valence-electron chi connectivity index (χ1n) is 5.65. The van der Waals surface area contributed by atoms with Crippen LogP contribution in [0.3, 0.4) is 0 Å². The van der Waals surface area contributed by atoms with Crippen LogP contribution in [0.25, 0.3) is 0 Å². The highest BCUT2D eigenvalue weighted by Gasteiger charge is 2.26. The Morgan fingerprint density at radius 1 is 1.43 bits per heavy atom. The van der Waals surface area contributed by atoms with E-state index in [9.17, 15) is 18.5 Å². The Kier molecular flexibility index (Phi) is 4.14. The SMILES string of the molecule is CNc1ccc(S(=O)(=O)NCc2ncon2)c([N+](=O)[O-])c1. The van der Waals surface area contributed by atoms with Crippen LogP contribution in [0, 0.1) is 10.1 Å². The van der Waals surface area contributed by atoms with Crippen LogP contribution in [-0.2, 0) is 16.6 Å². The van der Waals surface area contributed by atoms with Gasteiger partial charge in [-0.05, 0) is 12.1 Å². The van der Waals surface area contributed by atoms with Gasteiger partial charge in [0, 0.05) is 18.8 Å². The third-order valence-electron chi connectivity index (χ3n) is 2.56. The van der Waals surface area contributed by atoms with E-state index in [2.05, 4.69) is 24.7 Å². The first-order valence-corrected chi connectivity index (χ1v) is 7.13. The topological polar surface area (TPSA) is 140 Å². The molecule has 0 unspecified atom stereocenters. The van der Waals surface area contributed by atoms with Crippen LogP contribution in [0.1, 0.15) is 5.82 Å². The number of nitro benzene ring substituents is 1. The van der Waals surface area contributed by atoms with Crippen molar-refractivity contribution in [3.05, 3.63) is 40.5 Å². The molecular formula is C10H11N5O5S. The Hall–Kier alpha value is -2.53. The molecule has 0 atom stereocenters. The molecule has 11 heteroatoms. The summed E-state index contributed by atoms with van der Waals surface area (Å²) in [6.45, 7) is -0.232. The Labute approximate surface area is 119 Å². The molecule has 0 aliphatic carbocycles. The number of aromatic nitrogens is 2. The van der Waals surface area contributed by atoms with E-state index in [1.165, 1.54) is 6.07 Å². The molecule has 0 amide bonds. The normalized spacial score (nSPS) is 11.3. The summed E-state index contributed by atoms with van der Waals surface area (Å²) in [6.07, 6.45) is 1.05. The number of sulfonamides is 1. The minimum absolute atomic E-state index is 0.119. The lowest BCUT2D eigenvalue weighted by molar-refractivity contribution is -0.387. The van der Waals surface area contributed by atoms with E-state index in [4.69, 9.17) is 0 Å². The van der Waals surface area contributed by atoms with Crippen molar-refractivity contribution in [3.8, 4) is 0 Å². The Balaban J connectivity index is 2.32. The van der Waals surface area contributed by atoms with Crippen LogP contribution in [-0.4, -0.2) is 30.5 Å². The lowest BCUT2D eigenvalue weighted by Gasteiger charge is -2.07. The summed E-state index contributed by atoms with van der Waals surface area (Å²) in [6, 6.07) is 3.72. The number of rotatable bonds is 6. The molecule has 112 valence electrons. The minimum atomic E-state index is -4.08. The van der Waals surface area contributed by atoms with Crippen molar-refractivity contribution in [2.75, 3.05) is 12.4 Å². The van der Waals surface area contributed by atoms with Gasteiger partial charge in [0.1, 0.15) is 0 Å². The molecule has 2 aromatic rings. The van der Waals surface area contributed by atoms with Crippen molar-refractivity contribution in [2.45, 2.75) is 11.4 Å². The molecule has 0 bridgehead atoms. The molecule has 0 aliphatic rings. The molecule has 1 aromatic heterocycles. The number of hydrogen-bond donors (Lipinski definition) is 2. The Bertz CT molecular complexity index is 743. The van der Waals surface area contributed by atoms with Crippen molar-refractivity contribution in [1.82, 2.24) is 14.9 Å². The summed E-state index contributed by atoms with van der Waals surface area (Å²) in [5, 5.41) is 17.2. The van der Waals surface area contributed by atoms with E-state index in [0.717, 1.165) is 18.5 Å². The van der Waals surface area contributed by atoms with Crippen LogP contribution in [0.4, 0.5) is 11.4 Å². The standard InChI is InChI=1S/C10H11N5O5S/c1-11-7-2-3-9(8(4-7)15(16)17)21(18,19)13-5-10-12-6-20-14-10/h2-4,6,11,13H,5H2,1H3. The van der Waals surface area contributed by atoms with Gasteiger partial charge in [0.05, 0.1) is 11.5 Å². The summed E-state index contributed by atoms with van der Waals surface area (Å²) in [5.74, 6) is 0.119. The summed E-state index contributed by atoms with van der Waals surface area (Å²) in [7, 11) is -2.51. The maximum absolute atomic E-state index is 12.1. The quantitative estimate of drug-likeness (QED) is 0.580. The number of nitrogens with one attached hydrogen (secondary N) is 2. The number of nitrogens with zero attached hydrogens (tertiary/aromatic N) is 3. The van der Waals surface area contributed by atoms with Crippen molar-refractivity contribution in [2.24, 2.45) is 0 Å². The van der Waals surface area contributed by atoms with Gasteiger partial charge in [-0.2, -0.15) is 4.98 Å². The average molecular weight is 313 g/mol. The maximum Gasteiger partial charge on any atom is 0.291 e. The third kappa shape index (κ3) is 3.32. The van der Waals surface area contributed by atoms with Gasteiger partial charge < -0.3 is 9.84 Å². The van der Waals surface area contributed by atoms with E-state index in [-0.39, 0.29) is 12.4 Å². The molecule has 0 fully saturated rings. The van der Waals surface area contributed by atoms with Gasteiger partial charge in [0.25, 0.3) is 5.69 Å². The van der Waals surface area contributed by atoms with Gasteiger partial charge in [-0.1, -0.05) is 5.16 Å². The van der Waals surface area contributed by atoms with Crippen LogP contribution in [0.5, 0.6) is 0 Å². The van der Waals surface area contributed by atoms with Crippen LogP contribution in [0.15, 0.2) is 34.0 Å².